The third kappa shape index (κ3) is 60.5. The summed E-state index contributed by atoms with van der Waals surface area (Å²) in [4.78, 5) is 25.6. The number of unbranched alkanes of at least 4 members (excludes halogenated alkanes) is 47. The Labute approximate surface area is 468 Å². The topological polar surface area (TPSA) is 108 Å². The molecule has 8 nitrogen and oxygen atoms in total. The molecule has 0 rings (SSSR count). The van der Waals surface area contributed by atoms with E-state index in [1.54, 1.807) is 6.08 Å². The molecule has 0 spiro atoms. The first-order valence-electron chi connectivity index (χ1n) is 33.2. The molecule has 1 amide bonds. The van der Waals surface area contributed by atoms with Crippen molar-refractivity contribution < 1.29 is 32.9 Å². The Morgan fingerprint density at radius 1 is 0.453 bits per heavy atom. The number of amides is 1. The van der Waals surface area contributed by atoms with Gasteiger partial charge in [0, 0.05) is 6.42 Å². The fourth-order valence-corrected chi connectivity index (χ4v) is 11.0. The number of nitrogens with zero attached hydrogens (tertiary/aromatic N) is 1. The molecule has 446 valence electrons. The summed E-state index contributed by atoms with van der Waals surface area (Å²) in [5.41, 5.74) is 0. The largest absolute Gasteiger partial charge is 0.756 e. The third-order valence-corrected chi connectivity index (χ3v) is 16.4. The maximum absolute atomic E-state index is 13.0. The second-order valence-electron chi connectivity index (χ2n) is 24.2. The fraction of sp³-hybridized carbons (Fsp3) is 0.924. The molecule has 0 fully saturated rings. The maximum atomic E-state index is 13.0. The van der Waals surface area contributed by atoms with Crippen LogP contribution in [0.3, 0.4) is 0 Å². The highest BCUT2D eigenvalue weighted by molar-refractivity contribution is 7.45. The zero-order valence-corrected chi connectivity index (χ0v) is 51.9. The summed E-state index contributed by atoms with van der Waals surface area (Å²) in [6.07, 6.45) is 74.4. The average Bonchev–Trinajstić information content (AvgIpc) is 3.37. The number of nitrogens with one attached hydrogen (secondary N) is 1. The quantitative estimate of drug-likeness (QED) is 0.0272. The lowest BCUT2D eigenvalue weighted by atomic mass is 10.0. The van der Waals surface area contributed by atoms with Crippen molar-refractivity contribution in [2.75, 3.05) is 40.9 Å². The summed E-state index contributed by atoms with van der Waals surface area (Å²) < 4.78 is 23.4. The van der Waals surface area contributed by atoms with E-state index in [2.05, 4.69) is 31.3 Å². The van der Waals surface area contributed by atoms with Gasteiger partial charge >= 0.3 is 0 Å². The second kappa shape index (κ2) is 57.7. The van der Waals surface area contributed by atoms with Crippen molar-refractivity contribution in [2.24, 2.45) is 0 Å². The number of phosphoric acid groups is 1. The van der Waals surface area contributed by atoms with E-state index >= 15 is 0 Å². The highest BCUT2D eigenvalue weighted by Crippen LogP contribution is 2.38. The Hall–Kier alpha value is -1.02. The van der Waals surface area contributed by atoms with Gasteiger partial charge in [-0.1, -0.05) is 327 Å². The lowest BCUT2D eigenvalue weighted by Crippen LogP contribution is -2.45. The number of phosphoric ester groups is 1. The molecular formula is C66H131N2O6P. The van der Waals surface area contributed by atoms with Crippen LogP contribution in [0.25, 0.3) is 0 Å². The van der Waals surface area contributed by atoms with E-state index < -0.39 is 20.0 Å². The number of hydrogen-bond donors (Lipinski definition) is 2. The van der Waals surface area contributed by atoms with Crippen molar-refractivity contribution in [1.29, 1.82) is 0 Å². The molecule has 0 aliphatic carbocycles. The zero-order valence-electron chi connectivity index (χ0n) is 51.0. The molecule has 3 atom stereocenters. The molecule has 0 bridgehead atoms. The summed E-state index contributed by atoms with van der Waals surface area (Å²) in [6.45, 7) is 4.69. The van der Waals surface area contributed by atoms with Gasteiger partial charge in [0.25, 0.3) is 7.82 Å². The summed E-state index contributed by atoms with van der Waals surface area (Å²) >= 11 is 0. The minimum absolute atomic E-state index is 0.00347. The van der Waals surface area contributed by atoms with Gasteiger partial charge in [-0.2, -0.15) is 0 Å². The van der Waals surface area contributed by atoms with Gasteiger partial charge in [0.1, 0.15) is 13.2 Å². The number of rotatable bonds is 62. The van der Waals surface area contributed by atoms with Gasteiger partial charge in [-0.25, -0.2) is 0 Å². The van der Waals surface area contributed by atoms with Gasteiger partial charge in [-0.05, 0) is 32.1 Å². The van der Waals surface area contributed by atoms with Crippen molar-refractivity contribution in [3.8, 4) is 0 Å². The van der Waals surface area contributed by atoms with Crippen LogP contribution in [0.4, 0.5) is 0 Å². The molecule has 0 radical (unpaired) electrons. The molecule has 0 heterocycles. The SMILES string of the molecule is CCCCCCCCCCCCCCCCCCCCCCC/C=C/CC/C=C/C(O)C(COP(=O)([O-])OCC[N+](C)(C)C)NC(=O)CCCCCCCCCCCCCCCCCCCCCCCCCCCC. The summed E-state index contributed by atoms with van der Waals surface area (Å²) in [6, 6.07) is -0.901. The first-order valence-corrected chi connectivity index (χ1v) is 34.7. The van der Waals surface area contributed by atoms with Crippen molar-refractivity contribution in [1.82, 2.24) is 5.32 Å². The predicted molar refractivity (Wildman–Crippen MR) is 325 cm³/mol. The van der Waals surface area contributed by atoms with Crippen LogP contribution in [0.2, 0.25) is 0 Å². The Morgan fingerprint density at radius 2 is 0.747 bits per heavy atom. The zero-order chi connectivity index (χ0) is 54.9. The minimum atomic E-state index is -4.61. The lowest BCUT2D eigenvalue weighted by molar-refractivity contribution is -0.870. The molecule has 0 aliphatic rings. The Bertz CT molecular complexity index is 1270. The minimum Gasteiger partial charge on any atom is -0.756 e. The first kappa shape index (κ1) is 74.0. The molecule has 0 aromatic heterocycles. The molecule has 0 aromatic rings. The molecule has 0 aromatic carbocycles. The van der Waals surface area contributed by atoms with Gasteiger partial charge in [0.2, 0.25) is 5.91 Å². The van der Waals surface area contributed by atoms with Crippen LogP contribution >= 0.6 is 7.82 Å². The van der Waals surface area contributed by atoms with E-state index in [-0.39, 0.29) is 19.1 Å². The van der Waals surface area contributed by atoms with Crippen molar-refractivity contribution >= 4 is 13.7 Å². The van der Waals surface area contributed by atoms with Crippen LogP contribution in [0, 0.1) is 0 Å². The standard InChI is InChI=1S/C66H131N2O6P/c1-6-8-10-12-14-16-18-20-22-24-26-28-30-32-34-35-37-39-41-43-45-47-49-51-53-55-57-59-65(69)64(63-74-75(71,72)73-62-61-68(3,4)5)67-66(70)60-58-56-54-52-50-48-46-44-42-40-38-36-33-31-29-27-25-23-21-19-17-15-13-11-9-7-2/h49,51,57,59,64-65,69H,6-48,50,52-56,58,60-63H2,1-5H3,(H-,67,70,71,72)/b51-49+,59-57+. The second-order valence-corrected chi connectivity index (χ2v) is 25.6. The molecule has 3 unspecified atom stereocenters. The number of allylic oxidation sites excluding steroid dienone is 3. The van der Waals surface area contributed by atoms with E-state index in [0.29, 0.717) is 17.4 Å². The number of hydrogen-bond acceptors (Lipinski definition) is 6. The number of carbonyl (C=O) groups is 1. The van der Waals surface area contributed by atoms with Crippen LogP contribution < -0.4 is 10.2 Å². The molecule has 0 saturated carbocycles. The summed E-state index contributed by atoms with van der Waals surface area (Å²) in [7, 11) is 1.26. The fourth-order valence-electron chi connectivity index (χ4n) is 10.2. The first-order chi connectivity index (χ1) is 36.5. The highest BCUT2D eigenvalue weighted by atomic mass is 31.2. The van der Waals surface area contributed by atoms with E-state index in [1.807, 2.05) is 27.2 Å². The summed E-state index contributed by atoms with van der Waals surface area (Å²) in [5.74, 6) is -0.199. The number of likely N-dealkylation sites (N-methyl/N-ethyl adjacent to an activating group) is 1. The average molecular weight is 1080 g/mol. The third-order valence-electron chi connectivity index (χ3n) is 15.4. The lowest BCUT2D eigenvalue weighted by Gasteiger charge is -2.29. The summed E-state index contributed by atoms with van der Waals surface area (Å²) in [5, 5.41) is 13.9. The highest BCUT2D eigenvalue weighted by Gasteiger charge is 2.23. The molecule has 9 heteroatoms. The van der Waals surface area contributed by atoms with Crippen LogP contribution in [-0.4, -0.2) is 68.5 Å². The number of carbonyl (C=O) groups excluding carboxylic acids is 1. The van der Waals surface area contributed by atoms with Crippen molar-refractivity contribution in [3.05, 3.63) is 24.3 Å². The van der Waals surface area contributed by atoms with Crippen LogP contribution in [-0.2, 0) is 18.4 Å². The van der Waals surface area contributed by atoms with E-state index in [9.17, 15) is 19.4 Å². The number of aliphatic hydroxyl groups is 1. The van der Waals surface area contributed by atoms with Gasteiger partial charge in [0.15, 0.2) is 0 Å². The van der Waals surface area contributed by atoms with Crippen LogP contribution in [0.5, 0.6) is 0 Å². The van der Waals surface area contributed by atoms with Gasteiger partial charge in [-0.15, -0.1) is 0 Å². The number of aliphatic hydroxyl groups excluding tert-OH is 1. The van der Waals surface area contributed by atoms with Gasteiger partial charge in [-0.3, -0.25) is 9.36 Å². The van der Waals surface area contributed by atoms with Gasteiger partial charge in [0.05, 0.1) is 39.9 Å². The predicted octanol–water partition coefficient (Wildman–Crippen LogP) is 20.1. The molecule has 0 aliphatic heterocycles. The number of quaternary nitrogens is 1. The van der Waals surface area contributed by atoms with Crippen LogP contribution in [0.15, 0.2) is 24.3 Å². The van der Waals surface area contributed by atoms with E-state index in [4.69, 9.17) is 9.05 Å². The molecule has 75 heavy (non-hydrogen) atoms. The smallest absolute Gasteiger partial charge is 0.268 e. The van der Waals surface area contributed by atoms with Crippen molar-refractivity contribution in [3.63, 3.8) is 0 Å². The Morgan fingerprint density at radius 3 is 1.08 bits per heavy atom. The molecule has 2 N–H and O–H groups in total. The van der Waals surface area contributed by atoms with E-state index in [0.717, 1.165) is 38.5 Å². The maximum Gasteiger partial charge on any atom is 0.268 e. The Balaban J connectivity index is 4.12. The molecular weight excluding hydrogens is 948 g/mol. The van der Waals surface area contributed by atoms with E-state index in [1.165, 1.54) is 283 Å². The van der Waals surface area contributed by atoms with Gasteiger partial charge < -0.3 is 28.8 Å². The van der Waals surface area contributed by atoms with Crippen molar-refractivity contribution in [2.45, 2.75) is 353 Å². The van der Waals surface area contributed by atoms with Crippen LogP contribution in [0.1, 0.15) is 341 Å². The molecule has 0 saturated heterocycles. The Kier molecular flexibility index (Phi) is 56.9. The monoisotopic (exact) mass is 1080 g/mol. The normalized spacial score (nSPS) is 13.9.